The lowest BCUT2D eigenvalue weighted by atomic mass is 10.2. The van der Waals surface area contributed by atoms with Crippen molar-refractivity contribution in [3.63, 3.8) is 0 Å². The Balaban J connectivity index is 2.48. The molecule has 2 heterocycles. The topological polar surface area (TPSA) is 68.8 Å². The fourth-order valence-corrected chi connectivity index (χ4v) is 1.79. The summed E-state index contributed by atoms with van der Waals surface area (Å²) >= 11 is 0. The Labute approximate surface area is 94.7 Å². The summed E-state index contributed by atoms with van der Waals surface area (Å²) in [6.07, 6.45) is 5.76. The summed E-state index contributed by atoms with van der Waals surface area (Å²) < 4.78 is 1.93. The number of nitrogen functional groups attached to an aromatic ring is 1. The van der Waals surface area contributed by atoms with Crippen molar-refractivity contribution in [2.45, 2.75) is 26.3 Å². The van der Waals surface area contributed by atoms with E-state index in [9.17, 15) is 0 Å². The van der Waals surface area contributed by atoms with Crippen LogP contribution in [0.5, 0.6) is 0 Å². The van der Waals surface area contributed by atoms with Crippen LogP contribution in [0.4, 0.5) is 11.4 Å². The van der Waals surface area contributed by atoms with Crippen molar-refractivity contribution in [2.24, 2.45) is 0 Å². The lowest BCUT2D eigenvalue weighted by Gasteiger charge is -2.06. The van der Waals surface area contributed by atoms with Gasteiger partial charge in [0.15, 0.2) is 5.65 Å². The van der Waals surface area contributed by atoms with E-state index in [1.165, 1.54) is 0 Å². The zero-order chi connectivity index (χ0) is 11.5. The third-order valence-electron chi connectivity index (χ3n) is 2.67. The van der Waals surface area contributed by atoms with E-state index in [-0.39, 0.29) is 0 Å². The number of unbranched alkanes of at least 4 members (excludes halogenated alkanes) is 1. The zero-order valence-corrected chi connectivity index (χ0v) is 9.70. The number of nitrogens with one attached hydrogen (secondary N) is 1. The van der Waals surface area contributed by atoms with E-state index in [0.717, 1.165) is 36.1 Å². The average Bonchev–Trinajstić information content (AvgIpc) is 2.69. The first-order chi connectivity index (χ1) is 7.77. The molecular formula is C11H17N5. The lowest BCUT2D eigenvalue weighted by Crippen LogP contribution is -2.02. The van der Waals surface area contributed by atoms with E-state index in [2.05, 4.69) is 22.3 Å². The molecule has 0 saturated carbocycles. The Morgan fingerprint density at radius 3 is 2.94 bits per heavy atom. The van der Waals surface area contributed by atoms with Crippen LogP contribution in [0.3, 0.4) is 0 Å². The average molecular weight is 219 g/mol. The van der Waals surface area contributed by atoms with Crippen LogP contribution < -0.4 is 11.1 Å². The molecule has 0 radical (unpaired) electrons. The summed E-state index contributed by atoms with van der Waals surface area (Å²) in [6, 6.07) is 0. The fourth-order valence-electron chi connectivity index (χ4n) is 1.79. The summed E-state index contributed by atoms with van der Waals surface area (Å²) in [5, 5.41) is 8.42. The molecule has 0 amide bonds. The smallest absolute Gasteiger partial charge is 0.159 e. The Morgan fingerprint density at radius 2 is 2.25 bits per heavy atom. The first-order valence-corrected chi connectivity index (χ1v) is 5.55. The first kappa shape index (κ1) is 10.7. The molecule has 2 aromatic heterocycles. The molecular weight excluding hydrogens is 202 g/mol. The Bertz CT molecular complexity index is 488. The summed E-state index contributed by atoms with van der Waals surface area (Å²) in [5.74, 6) is 0. The minimum atomic E-state index is 0.657. The quantitative estimate of drug-likeness (QED) is 0.823. The molecule has 2 aromatic rings. The van der Waals surface area contributed by atoms with Crippen LogP contribution in [-0.4, -0.2) is 21.8 Å². The maximum Gasteiger partial charge on any atom is 0.159 e. The number of rotatable bonds is 4. The third kappa shape index (κ3) is 1.68. The molecule has 0 aliphatic rings. The van der Waals surface area contributed by atoms with Crippen molar-refractivity contribution < 1.29 is 0 Å². The van der Waals surface area contributed by atoms with Gasteiger partial charge in [0.2, 0.25) is 0 Å². The van der Waals surface area contributed by atoms with E-state index in [0.29, 0.717) is 5.69 Å². The second-order valence-corrected chi connectivity index (χ2v) is 3.80. The number of pyridine rings is 1. The molecule has 3 N–H and O–H groups in total. The van der Waals surface area contributed by atoms with Gasteiger partial charge in [0, 0.05) is 13.6 Å². The van der Waals surface area contributed by atoms with Gasteiger partial charge in [0.1, 0.15) is 0 Å². The SMILES string of the molecule is CCCCn1ncc2c(NC)c(N)cnc21. The molecule has 0 aliphatic heterocycles. The van der Waals surface area contributed by atoms with E-state index >= 15 is 0 Å². The van der Waals surface area contributed by atoms with Crippen LogP contribution in [0.1, 0.15) is 19.8 Å². The number of nitrogens with two attached hydrogens (primary N) is 1. The van der Waals surface area contributed by atoms with Gasteiger partial charge in [-0.2, -0.15) is 5.10 Å². The predicted octanol–water partition coefficient (Wildman–Crippen LogP) is 1.86. The number of aromatic nitrogens is 3. The molecule has 5 heteroatoms. The van der Waals surface area contributed by atoms with Crippen LogP contribution in [0, 0.1) is 0 Å². The van der Waals surface area contributed by atoms with Gasteiger partial charge in [0.25, 0.3) is 0 Å². The van der Waals surface area contributed by atoms with Crippen molar-refractivity contribution in [3.05, 3.63) is 12.4 Å². The lowest BCUT2D eigenvalue weighted by molar-refractivity contribution is 0.584. The van der Waals surface area contributed by atoms with Crippen molar-refractivity contribution >= 4 is 22.4 Å². The van der Waals surface area contributed by atoms with E-state index in [4.69, 9.17) is 5.73 Å². The molecule has 86 valence electrons. The molecule has 0 saturated heterocycles. The van der Waals surface area contributed by atoms with Crippen molar-refractivity contribution in [1.82, 2.24) is 14.8 Å². The summed E-state index contributed by atoms with van der Waals surface area (Å²) in [5.41, 5.74) is 8.31. The van der Waals surface area contributed by atoms with Gasteiger partial charge < -0.3 is 11.1 Å². The highest BCUT2D eigenvalue weighted by molar-refractivity contribution is 5.94. The number of aryl methyl sites for hydroxylation is 1. The molecule has 5 nitrogen and oxygen atoms in total. The van der Waals surface area contributed by atoms with Crippen LogP contribution >= 0.6 is 0 Å². The summed E-state index contributed by atoms with van der Waals surface area (Å²) in [7, 11) is 1.86. The zero-order valence-electron chi connectivity index (χ0n) is 9.70. The molecule has 0 bridgehead atoms. The van der Waals surface area contributed by atoms with Gasteiger partial charge in [-0.1, -0.05) is 13.3 Å². The van der Waals surface area contributed by atoms with Crippen LogP contribution in [0.25, 0.3) is 11.0 Å². The third-order valence-corrected chi connectivity index (χ3v) is 2.67. The molecule has 2 rings (SSSR count). The molecule has 0 spiro atoms. The minimum Gasteiger partial charge on any atom is -0.396 e. The van der Waals surface area contributed by atoms with Gasteiger partial charge >= 0.3 is 0 Å². The Hall–Kier alpha value is -1.78. The normalized spacial score (nSPS) is 10.9. The fraction of sp³-hybridized carbons (Fsp3) is 0.455. The van der Waals surface area contributed by atoms with Gasteiger partial charge in [-0.25, -0.2) is 9.67 Å². The standard InChI is InChI=1S/C11H17N5/c1-3-4-5-16-11-8(6-15-16)10(13-2)9(12)7-14-11/h6-7H,3-5,12H2,1-2H3,(H,13,14). The van der Waals surface area contributed by atoms with E-state index in [1.807, 2.05) is 17.9 Å². The molecule has 0 aliphatic carbocycles. The first-order valence-electron chi connectivity index (χ1n) is 5.55. The van der Waals surface area contributed by atoms with Crippen molar-refractivity contribution in [2.75, 3.05) is 18.1 Å². The highest BCUT2D eigenvalue weighted by Crippen LogP contribution is 2.26. The van der Waals surface area contributed by atoms with Crippen LogP contribution in [0.2, 0.25) is 0 Å². The molecule has 0 fully saturated rings. The molecule has 0 atom stereocenters. The number of anilines is 2. The van der Waals surface area contributed by atoms with Gasteiger partial charge in [-0.15, -0.1) is 0 Å². The maximum absolute atomic E-state index is 5.84. The highest BCUT2D eigenvalue weighted by atomic mass is 15.3. The van der Waals surface area contributed by atoms with Crippen molar-refractivity contribution in [1.29, 1.82) is 0 Å². The number of hydrogen-bond donors (Lipinski definition) is 2. The van der Waals surface area contributed by atoms with Gasteiger partial charge in [-0.05, 0) is 6.42 Å². The Morgan fingerprint density at radius 1 is 1.44 bits per heavy atom. The highest BCUT2D eigenvalue weighted by Gasteiger charge is 2.09. The van der Waals surface area contributed by atoms with E-state index in [1.54, 1.807) is 6.20 Å². The van der Waals surface area contributed by atoms with E-state index < -0.39 is 0 Å². The van der Waals surface area contributed by atoms with Crippen LogP contribution in [-0.2, 0) is 6.54 Å². The van der Waals surface area contributed by atoms with Crippen LogP contribution in [0.15, 0.2) is 12.4 Å². The summed E-state index contributed by atoms with van der Waals surface area (Å²) in [4.78, 5) is 4.34. The minimum absolute atomic E-state index is 0.657. The maximum atomic E-state index is 5.84. The predicted molar refractivity (Wildman–Crippen MR) is 66.4 cm³/mol. The molecule has 16 heavy (non-hydrogen) atoms. The largest absolute Gasteiger partial charge is 0.396 e. The number of hydrogen-bond acceptors (Lipinski definition) is 4. The number of nitrogens with zero attached hydrogens (tertiary/aromatic N) is 3. The van der Waals surface area contributed by atoms with Crippen molar-refractivity contribution in [3.8, 4) is 0 Å². The monoisotopic (exact) mass is 219 g/mol. The Kier molecular flexibility index (Phi) is 2.94. The van der Waals surface area contributed by atoms with Gasteiger partial charge in [-0.3, -0.25) is 0 Å². The molecule has 0 unspecified atom stereocenters. The van der Waals surface area contributed by atoms with Gasteiger partial charge in [0.05, 0.1) is 29.2 Å². The molecule has 0 aromatic carbocycles. The summed E-state index contributed by atoms with van der Waals surface area (Å²) in [6.45, 7) is 3.07. The second-order valence-electron chi connectivity index (χ2n) is 3.80. The second kappa shape index (κ2) is 4.38. The number of fused-ring (bicyclic) bond motifs is 1.